The van der Waals surface area contributed by atoms with Gasteiger partial charge in [0.15, 0.2) is 0 Å². The van der Waals surface area contributed by atoms with Crippen LogP contribution in [-0.4, -0.2) is 19.7 Å². The van der Waals surface area contributed by atoms with E-state index < -0.39 is 0 Å². The fraction of sp³-hybridized carbons (Fsp3) is 0.0714. The third-order valence-electron chi connectivity index (χ3n) is 3.28. The van der Waals surface area contributed by atoms with Crippen molar-refractivity contribution in [1.82, 2.24) is 19.7 Å². The zero-order valence-electron chi connectivity index (χ0n) is 9.92. The van der Waals surface area contributed by atoms with Crippen molar-refractivity contribution in [3.63, 3.8) is 0 Å². The van der Waals surface area contributed by atoms with E-state index in [-0.39, 0.29) is 0 Å². The van der Waals surface area contributed by atoms with Crippen LogP contribution in [0.15, 0.2) is 42.9 Å². The van der Waals surface area contributed by atoms with Crippen LogP contribution in [0.25, 0.3) is 17.1 Å². The summed E-state index contributed by atoms with van der Waals surface area (Å²) in [6, 6.07) is 7.77. The summed E-state index contributed by atoms with van der Waals surface area (Å²) in [7, 11) is 0. The molecule has 0 saturated heterocycles. The quantitative estimate of drug-likeness (QED) is 0.533. The molecule has 4 rings (SSSR count). The molecule has 2 aromatic heterocycles. The molecular weight excluding hydrogens is 260 g/mol. The SMILES string of the molecule is Clc1ccc2c(c1)Cc1nc(-n3cccn3)ncc1-2. The van der Waals surface area contributed by atoms with E-state index in [9.17, 15) is 0 Å². The van der Waals surface area contributed by atoms with Crippen LogP contribution in [0.1, 0.15) is 11.3 Å². The number of rotatable bonds is 1. The summed E-state index contributed by atoms with van der Waals surface area (Å²) in [5.41, 5.74) is 4.49. The van der Waals surface area contributed by atoms with Crippen molar-refractivity contribution in [3.05, 3.63) is 59.1 Å². The molecule has 4 nitrogen and oxygen atoms in total. The lowest BCUT2D eigenvalue weighted by atomic mass is 10.1. The van der Waals surface area contributed by atoms with Gasteiger partial charge in [0, 0.05) is 35.6 Å². The van der Waals surface area contributed by atoms with E-state index in [1.165, 1.54) is 11.1 Å². The summed E-state index contributed by atoms with van der Waals surface area (Å²) in [5.74, 6) is 0.600. The van der Waals surface area contributed by atoms with Crippen molar-refractivity contribution >= 4 is 11.6 Å². The predicted octanol–water partition coefficient (Wildman–Crippen LogP) is 2.89. The second-order valence-electron chi connectivity index (χ2n) is 4.46. The molecule has 0 spiro atoms. The third-order valence-corrected chi connectivity index (χ3v) is 3.51. The Hall–Kier alpha value is -2.20. The first-order valence-electron chi connectivity index (χ1n) is 5.96. The normalized spacial score (nSPS) is 12.3. The summed E-state index contributed by atoms with van der Waals surface area (Å²) >= 11 is 6.03. The fourth-order valence-electron chi connectivity index (χ4n) is 2.42. The largest absolute Gasteiger partial charge is 0.250 e. The molecule has 1 aromatic carbocycles. The topological polar surface area (TPSA) is 43.6 Å². The lowest BCUT2D eigenvalue weighted by Gasteiger charge is -2.03. The van der Waals surface area contributed by atoms with Crippen molar-refractivity contribution in [3.8, 4) is 17.1 Å². The van der Waals surface area contributed by atoms with Gasteiger partial charge in [0.25, 0.3) is 5.95 Å². The highest BCUT2D eigenvalue weighted by atomic mass is 35.5. The highest BCUT2D eigenvalue weighted by molar-refractivity contribution is 6.30. The summed E-state index contributed by atoms with van der Waals surface area (Å²) in [6.45, 7) is 0. The van der Waals surface area contributed by atoms with Crippen LogP contribution in [-0.2, 0) is 6.42 Å². The fourth-order valence-corrected chi connectivity index (χ4v) is 2.61. The average Bonchev–Trinajstić information content (AvgIpc) is 3.04. The summed E-state index contributed by atoms with van der Waals surface area (Å²) in [6.07, 6.45) is 6.20. The summed E-state index contributed by atoms with van der Waals surface area (Å²) in [5, 5.41) is 4.90. The van der Waals surface area contributed by atoms with E-state index in [4.69, 9.17) is 11.6 Å². The van der Waals surface area contributed by atoms with Gasteiger partial charge >= 0.3 is 0 Å². The van der Waals surface area contributed by atoms with Gasteiger partial charge in [-0.25, -0.2) is 14.6 Å². The number of hydrogen-bond donors (Lipinski definition) is 0. The van der Waals surface area contributed by atoms with Crippen molar-refractivity contribution in [1.29, 1.82) is 0 Å². The van der Waals surface area contributed by atoms with Gasteiger partial charge in [-0.05, 0) is 29.3 Å². The third kappa shape index (κ3) is 1.64. The Kier molecular flexibility index (Phi) is 2.19. The molecule has 1 aliphatic carbocycles. The molecule has 5 heteroatoms. The first-order valence-corrected chi connectivity index (χ1v) is 6.34. The predicted molar refractivity (Wildman–Crippen MR) is 72.4 cm³/mol. The van der Waals surface area contributed by atoms with Crippen LogP contribution in [0, 0.1) is 0 Å². The number of hydrogen-bond acceptors (Lipinski definition) is 3. The molecule has 0 unspecified atom stereocenters. The first-order chi connectivity index (χ1) is 9.31. The molecule has 0 N–H and O–H groups in total. The van der Waals surface area contributed by atoms with Gasteiger partial charge in [-0.3, -0.25) is 0 Å². The molecule has 92 valence electrons. The molecule has 0 bridgehead atoms. The van der Waals surface area contributed by atoms with Crippen LogP contribution < -0.4 is 0 Å². The molecule has 0 amide bonds. The van der Waals surface area contributed by atoms with Gasteiger partial charge in [-0.1, -0.05) is 17.7 Å². The van der Waals surface area contributed by atoms with Crippen LogP contribution in [0.5, 0.6) is 0 Å². The number of fused-ring (bicyclic) bond motifs is 3. The maximum Gasteiger partial charge on any atom is 0.250 e. The number of aromatic nitrogens is 4. The van der Waals surface area contributed by atoms with Crippen LogP contribution in [0.3, 0.4) is 0 Å². The Balaban J connectivity index is 1.85. The van der Waals surface area contributed by atoms with E-state index in [0.29, 0.717) is 5.95 Å². The molecular formula is C14H9ClN4. The van der Waals surface area contributed by atoms with Gasteiger partial charge in [-0.15, -0.1) is 0 Å². The van der Waals surface area contributed by atoms with Gasteiger partial charge in [-0.2, -0.15) is 5.10 Å². The van der Waals surface area contributed by atoms with Crippen molar-refractivity contribution in [2.24, 2.45) is 0 Å². The van der Waals surface area contributed by atoms with Gasteiger partial charge in [0.1, 0.15) is 0 Å². The monoisotopic (exact) mass is 268 g/mol. The van der Waals surface area contributed by atoms with Gasteiger partial charge in [0.2, 0.25) is 0 Å². The molecule has 0 aliphatic heterocycles. The molecule has 0 radical (unpaired) electrons. The Morgan fingerprint density at radius 3 is 3.00 bits per heavy atom. The minimum atomic E-state index is 0.600. The number of nitrogens with zero attached hydrogens (tertiary/aromatic N) is 4. The van der Waals surface area contributed by atoms with E-state index in [1.807, 2.05) is 36.7 Å². The molecule has 0 saturated carbocycles. The van der Waals surface area contributed by atoms with Gasteiger partial charge in [0.05, 0.1) is 5.69 Å². The Morgan fingerprint density at radius 2 is 2.16 bits per heavy atom. The highest BCUT2D eigenvalue weighted by Crippen LogP contribution is 2.36. The molecule has 0 atom stereocenters. The van der Waals surface area contributed by atoms with Crippen LogP contribution in [0.2, 0.25) is 5.02 Å². The van der Waals surface area contributed by atoms with Crippen LogP contribution >= 0.6 is 11.6 Å². The Bertz CT molecular complexity index is 765. The number of benzene rings is 1. The maximum atomic E-state index is 6.03. The summed E-state index contributed by atoms with van der Waals surface area (Å²) in [4.78, 5) is 8.96. The van der Waals surface area contributed by atoms with E-state index in [0.717, 1.165) is 22.7 Å². The van der Waals surface area contributed by atoms with Gasteiger partial charge < -0.3 is 0 Å². The molecule has 3 aromatic rings. The smallest absolute Gasteiger partial charge is 0.219 e. The average molecular weight is 269 g/mol. The minimum absolute atomic E-state index is 0.600. The lowest BCUT2D eigenvalue weighted by Crippen LogP contribution is -2.03. The molecule has 19 heavy (non-hydrogen) atoms. The maximum absolute atomic E-state index is 6.03. The van der Waals surface area contributed by atoms with E-state index in [2.05, 4.69) is 15.1 Å². The zero-order valence-corrected chi connectivity index (χ0v) is 10.7. The molecule has 2 heterocycles. The molecule has 0 fully saturated rings. The van der Waals surface area contributed by atoms with Crippen molar-refractivity contribution in [2.45, 2.75) is 6.42 Å². The first kappa shape index (κ1) is 10.7. The highest BCUT2D eigenvalue weighted by Gasteiger charge is 2.21. The Morgan fingerprint density at radius 1 is 1.21 bits per heavy atom. The molecule has 1 aliphatic rings. The standard InChI is InChI=1S/C14H9ClN4/c15-10-2-3-11-9(6-10)7-13-12(11)8-16-14(18-13)19-5-1-4-17-19/h1-6,8H,7H2. The van der Waals surface area contributed by atoms with Crippen molar-refractivity contribution in [2.75, 3.05) is 0 Å². The second kappa shape index (κ2) is 3.90. The van der Waals surface area contributed by atoms with Crippen LogP contribution in [0.4, 0.5) is 0 Å². The minimum Gasteiger partial charge on any atom is -0.219 e. The lowest BCUT2D eigenvalue weighted by molar-refractivity contribution is 0.800. The van der Waals surface area contributed by atoms with E-state index >= 15 is 0 Å². The second-order valence-corrected chi connectivity index (χ2v) is 4.90. The zero-order chi connectivity index (χ0) is 12.8. The van der Waals surface area contributed by atoms with E-state index in [1.54, 1.807) is 10.9 Å². The number of halogens is 1. The Labute approximate surface area is 114 Å². The summed E-state index contributed by atoms with van der Waals surface area (Å²) < 4.78 is 1.66. The van der Waals surface area contributed by atoms with Crippen molar-refractivity contribution < 1.29 is 0 Å².